The molecule has 0 spiro atoms. The second-order valence-corrected chi connectivity index (χ2v) is 5.86. The molecule has 100 valence electrons. The first kappa shape index (κ1) is 13.4. The van der Waals surface area contributed by atoms with Crippen molar-refractivity contribution in [1.82, 2.24) is 0 Å². The molecule has 0 radical (unpaired) electrons. The third-order valence-electron chi connectivity index (χ3n) is 4.58. The Bertz CT molecular complexity index is 398. The van der Waals surface area contributed by atoms with Crippen molar-refractivity contribution < 1.29 is 0 Å². The molecule has 1 aliphatic rings. The zero-order valence-corrected chi connectivity index (χ0v) is 11.9. The van der Waals surface area contributed by atoms with Gasteiger partial charge in [-0.3, -0.25) is 0 Å². The summed E-state index contributed by atoms with van der Waals surface area (Å²) in [7, 11) is 0. The number of para-hydroxylation sites is 1. The molecule has 1 aliphatic heterocycles. The summed E-state index contributed by atoms with van der Waals surface area (Å²) in [5, 5.41) is 0. The highest BCUT2D eigenvalue weighted by molar-refractivity contribution is 5.56. The average molecular weight is 246 g/mol. The molecule has 1 saturated heterocycles. The molecular formula is C16H26N2. The quantitative estimate of drug-likeness (QED) is 0.887. The topological polar surface area (TPSA) is 29.3 Å². The lowest BCUT2D eigenvalue weighted by Crippen LogP contribution is -2.55. The number of nitrogens with zero attached hydrogens (tertiary/aromatic N) is 1. The van der Waals surface area contributed by atoms with Gasteiger partial charge < -0.3 is 10.6 Å². The number of hydrogen-bond donors (Lipinski definition) is 1. The van der Waals surface area contributed by atoms with Gasteiger partial charge in [0.2, 0.25) is 0 Å². The summed E-state index contributed by atoms with van der Waals surface area (Å²) in [5.41, 5.74) is 8.98. The third-order valence-corrected chi connectivity index (χ3v) is 4.58. The Morgan fingerprint density at radius 1 is 1.33 bits per heavy atom. The lowest BCUT2D eigenvalue weighted by molar-refractivity contribution is 0.244. The minimum atomic E-state index is 0.165. The van der Waals surface area contributed by atoms with Gasteiger partial charge in [-0.2, -0.15) is 0 Å². The number of aryl methyl sites for hydroxylation is 1. The minimum absolute atomic E-state index is 0.165. The van der Waals surface area contributed by atoms with Gasteiger partial charge in [0.15, 0.2) is 0 Å². The highest BCUT2D eigenvalue weighted by Crippen LogP contribution is 2.37. The summed E-state index contributed by atoms with van der Waals surface area (Å²) in [4.78, 5) is 2.58. The summed E-state index contributed by atoms with van der Waals surface area (Å²) in [6.45, 7) is 8.86. The van der Waals surface area contributed by atoms with Crippen molar-refractivity contribution >= 4 is 5.69 Å². The van der Waals surface area contributed by atoms with E-state index in [2.05, 4.69) is 49.9 Å². The van der Waals surface area contributed by atoms with E-state index in [1.54, 1.807) is 0 Å². The molecule has 0 aromatic heterocycles. The zero-order chi connectivity index (χ0) is 13.2. The third kappa shape index (κ3) is 2.26. The van der Waals surface area contributed by atoms with Gasteiger partial charge in [-0.15, -0.1) is 0 Å². The van der Waals surface area contributed by atoms with E-state index in [9.17, 15) is 0 Å². The zero-order valence-electron chi connectivity index (χ0n) is 11.9. The van der Waals surface area contributed by atoms with Crippen LogP contribution in [0.5, 0.6) is 0 Å². The Balaban J connectivity index is 2.36. The highest BCUT2D eigenvalue weighted by atomic mass is 15.2. The van der Waals surface area contributed by atoms with E-state index in [-0.39, 0.29) is 5.54 Å². The standard InChI is InChI=1S/C16H26N2/c1-4-13-8-5-6-10-15(13)18-11-7-9-14(12-17)16(18,2)3/h5-6,8,10,14H,4,7,9,11-12,17H2,1-3H3. The van der Waals surface area contributed by atoms with Gasteiger partial charge in [0, 0.05) is 17.8 Å². The molecule has 1 aromatic rings. The second kappa shape index (κ2) is 5.31. The van der Waals surface area contributed by atoms with Crippen molar-refractivity contribution in [2.45, 2.75) is 45.6 Å². The van der Waals surface area contributed by atoms with Crippen molar-refractivity contribution in [3.8, 4) is 0 Å². The molecule has 2 rings (SSSR count). The van der Waals surface area contributed by atoms with Gasteiger partial charge in [-0.05, 0) is 57.2 Å². The molecule has 1 aromatic carbocycles. The summed E-state index contributed by atoms with van der Waals surface area (Å²) in [6, 6.07) is 8.80. The van der Waals surface area contributed by atoms with E-state index in [1.807, 2.05) is 0 Å². The number of benzene rings is 1. The molecule has 1 unspecified atom stereocenters. The Labute approximate surface area is 111 Å². The van der Waals surface area contributed by atoms with Crippen LogP contribution in [0.3, 0.4) is 0 Å². The fourth-order valence-corrected chi connectivity index (χ4v) is 3.27. The van der Waals surface area contributed by atoms with Crippen LogP contribution in [-0.2, 0) is 6.42 Å². The van der Waals surface area contributed by atoms with Crippen LogP contribution in [0, 0.1) is 5.92 Å². The molecule has 0 amide bonds. The summed E-state index contributed by atoms with van der Waals surface area (Å²) >= 11 is 0. The molecule has 2 N–H and O–H groups in total. The van der Waals surface area contributed by atoms with Gasteiger partial charge in [0.05, 0.1) is 0 Å². The lowest BCUT2D eigenvalue weighted by Gasteiger charge is -2.50. The smallest absolute Gasteiger partial charge is 0.0403 e. The fraction of sp³-hybridized carbons (Fsp3) is 0.625. The van der Waals surface area contributed by atoms with E-state index < -0.39 is 0 Å². The van der Waals surface area contributed by atoms with Crippen molar-refractivity contribution in [1.29, 1.82) is 0 Å². The molecule has 0 aliphatic carbocycles. The summed E-state index contributed by atoms with van der Waals surface area (Å²) in [5.74, 6) is 0.594. The second-order valence-electron chi connectivity index (χ2n) is 5.86. The van der Waals surface area contributed by atoms with E-state index in [1.165, 1.54) is 24.1 Å². The van der Waals surface area contributed by atoms with Gasteiger partial charge in [-0.1, -0.05) is 25.1 Å². The van der Waals surface area contributed by atoms with Crippen LogP contribution in [0.2, 0.25) is 0 Å². The molecule has 1 fully saturated rings. The van der Waals surface area contributed by atoms with E-state index in [0.717, 1.165) is 19.5 Å². The van der Waals surface area contributed by atoms with Crippen molar-refractivity contribution in [2.75, 3.05) is 18.0 Å². The average Bonchev–Trinajstić information content (AvgIpc) is 2.38. The maximum absolute atomic E-state index is 5.96. The largest absolute Gasteiger partial charge is 0.366 e. The van der Waals surface area contributed by atoms with Crippen LogP contribution in [0.25, 0.3) is 0 Å². The molecule has 1 atom stereocenters. The molecule has 1 heterocycles. The Morgan fingerprint density at radius 3 is 2.72 bits per heavy atom. The number of anilines is 1. The SMILES string of the molecule is CCc1ccccc1N1CCCC(CN)C1(C)C. The molecule has 2 nitrogen and oxygen atoms in total. The van der Waals surface area contributed by atoms with E-state index >= 15 is 0 Å². The van der Waals surface area contributed by atoms with Crippen molar-refractivity contribution in [3.05, 3.63) is 29.8 Å². The Kier molecular flexibility index (Phi) is 3.96. The first-order chi connectivity index (χ1) is 8.61. The first-order valence-electron chi connectivity index (χ1n) is 7.16. The molecule has 0 saturated carbocycles. The Morgan fingerprint density at radius 2 is 2.06 bits per heavy atom. The number of rotatable bonds is 3. The van der Waals surface area contributed by atoms with Gasteiger partial charge >= 0.3 is 0 Å². The van der Waals surface area contributed by atoms with Gasteiger partial charge in [-0.25, -0.2) is 0 Å². The van der Waals surface area contributed by atoms with Crippen LogP contribution in [0.1, 0.15) is 39.2 Å². The summed E-state index contributed by atoms with van der Waals surface area (Å²) < 4.78 is 0. The highest BCUT2D eigenvalue weighted by Gasteiger charge is 2.38. The normalized spacial score (nSPS) is 23.1. The van der Waals surface area contributed by atoms with Crippen LogP contribution < -0.4 is 10.6 Å². The minimum Gasteiger partial charge on any atom is -0.366 e. The maximum atomic E-state index is 5.96. The van der Waals surface area contributed by atoms with E-state index in [4.69, 9.17) is 5.73 Å². The molecule has 18 heavy (non-hydrogen) atoms. The van der Waals surface area contributed by atoms with Gasteiger partial charge in [0.25, 0.3) is 0 Å². The molecular weight excluding hydrogens is 220 g/mol. The van der Waals surface area contributed by atoms with Crippen molar-refractivity contribution in [3.63, 3.8) is 0 Å². The van der Waals surface area contributed by atoms with Crippen LogP contribution in [-0.4, -0.2) is 18.6 Å². The predicted molar refractivity (Wildman–Crippen MR) is 79.0 cm³/mol. The Hall–Kier alpha value is -1.02. The number of piperidine rings is 1. The summed E-state index contributed by atoms with van der Waals surface area (Å²) in [6.07, 6.45) is 3.60. The monoisotopic (exact) mass is 246 g/mol. The number of hydrogen-bond acceptors (Lipinski definition) is 2. The molecule has 2 heteroatoms. The predicted octanol–water partition coefficient (Wildman–Crippen LogP) is 3.20. The fourth-order valence-electron chi connectivity index (χ4n) is 3.27. The van der Waals surface area contributed by atoms with Crippen LogP contribution in [0.4, 0.5) is 5.69 Å². The van der Waals surface area contributed by atoms with Crippen LogP contribution in [0.15, 0.2) is 24.3 Å². The van der Waals surface area contributed by atoms with Crippen LogP contribution >= 0.6 is 0 Å². The molecule has 0 bridgehead atoms. The lowest BCUT2D eigenvalue weighted by atomic mass is 9.78. The maximum Gasteiger partial charge on any atom is 0.0403 e. The van der Waals surface area contributed by atoms with E-state index in [0.29, 0.717) is 5.92 Å². The van der Waals surface area contributed by atoms with Gasteiger partial charge in [0.1, 0.15) is 0 Å². The first-order valence-corrected chi connectivity index (χ1v) is 7.16. The number of nitrogens with two attached hydrogens (primary N) is 1. The van der Waals surface area contributed by atoms with Crippen molar-refractivity contribution in [2.24, 2.45) is 11.7 Å².